The molecule has 5 rings (SSSR count). The third-order valence-corrected chi connectivity index (χ3v) is 3.68. The molecule has 0 unspecified atom stereocenters. The second-order valence-electron chi connectivity index (χ2n) is 4.73. The van der Waals surface area contributed by atoms with Gasteiger partial charge >= 0.3 is 5.71 Å². The van der Waals surface area contributed by atoms with Crippen molar-refractivity contribution < 1.29 is 8.98 Å². The Balaban J connectivity index is 2.00. The predicted molar refractivity (Wildman–Crippen MR) is 67.5 cm³/mol. The lowest BCUT2D eigenvalue weighted by Crippen LogP contribution is -2.29. The molecular formula is C14H9N4O+. The van der Waals surface area contributed by atoms with Crippen LogP contribution in [-0.2, 0) is 6.54 Å². The summed E-state index contributed by atoms with van der Waals surface area (Å²) in [5, 5.41) is 0. The molecule has 5 heteroatoms. The van der Waals surface area contributed by atoms with Crippen molar-refractivity contribution in [3.05, 3.63) is 48.7 Å². The van der Waals surface area contributed by atoms with Crippen LogP contribution in [0.1, 0.15) is 5.56 Å². The number of hydrogen-bond donors (Lipinski definition) is 0. The summed E-state index contributed by atoms with van der Waals surface area (Å²) in [4.78, 5) is 8.34. The zero-order valence-corrected chi connectivity index (χ0v) is 9.95. The Morgan fingerprint density at radius 2 is 2.05 bits per heavy atom. The maximum Gasteiger partial charge on any atom is 0.336 e. The summed E-state index contributed by atoms with van der Waals surface area (Å²) in [5.74, 6) is 1.13. The van der Waals surface area contributed by atoms with E-state index in [0.717, 1.165) is 29.2 Å². The largest absolute Gasteiger partial charge is 0.414 e. The Hall–Kier alpha value is -2.69. The Bertz CT molecular complexity index is 951. The average molecular weight is 249 g/mol. The van der Waals surface area contributed by atoms with Gasteiger partial charge < -0.3 is 4.42 Å². The number of rotatable bonds is 0. The van der Waals surface area contributed by atoms with Gasteiger partial charge in [0.05, 0.1) is 11.8 Å². The van der Waals surface area contributed by atoms with Crippen LogP contribution in [0, 0.1) is 0 Å². The Labute approximate surface area is 107 Å². The lowest BCUT2D eigenvalue weighted by Gasteiger charge is -1.91. The lowest BCUT2D eigenvalue weighted by molar-refractivity contribution is -0.670. The van der Waals surface area contributed by atoms with Crippen molar-refractivity contribution in [2.75, 3.05) is 0 Å². The summed E-state index contributed by atoms with van der Waals surface area (Å²) in [7, 11) is 0. The maximum atomic E-state index is 5.82. The van der Waals surface area contributed by atoms with Gasteiger partial charge in [0.1, 0.15) is 6.54 Å². The number of imidazole rings is 1. The summed E-state index contributed by atoms with van der Waals surface area (Å²) < 4.78 is 10.2. The van der Waals surface area contributed by atoms with E-state index in [1.807, 2.05) is 24.7 Å². The SMILES string of the molecule is c1cc2c(cn1)-c1n3c(c[n+]1C2)oc1cnccc13. The van der Waals surface area contributed by atoms with Crippen LogP contribution in [0.5, 0.6) is 0 Å². The Morgan fingerprint density at radius 1 is 1.16 bits per heavy atom. The van der Waals surface area contributed by atoms with E-state index < -0.39 is 0 Å². The summed E-state index contributed by atoms with van der Waals surface area (Å²) in [6.07, 6.45) is 9.33. The molecule has 4 aromatic heterocycles. The molecule has 0 saturated carbocycles. The normalized spacial score (nSPS) is 13.1. The van der Waals surface area contributed by atoms with E-state index in [9.17, 15) is 0 Å². The van der Waals surface area contributed by atoms with Crippen LogP contribution in [0.4, 0.5) is 0 Å². The fourth-order valence-electron chi connectivity index (χ4n) is 2.88. The molecule has 1 aliphatic rings. The molecular weight excluding hydrogens is 240 g/mol. The summed E-state index contributed by atoms with van der Waals surface area (Å²) in [6.45, 7) is 0.872. The van der Waals surface area contributed by atoms with Crippen LogP contribution in [0.25, 0.3) is 28.2 Å². The Kier molecular flexibility index (Phi) is 1.46. The average Bonchev–Trinajstić information content (AvgIpc) is 3.04. The van der Waals surface area contributed by atoms with Crippen LogP contribution in [0.2, 0.25) is 0 Å². The second kappa shape index (κ2) is 3.00. The highest BCUT2D eigenvalue weighted by atomic mass is 16.3. The predicted octanol–water partition coefficient (Wildman–Crippen LogP) is 1.79. The minimum Gasteiger partial charge on any atom is -0.414 e. The third kappa shape index (κ3) is 1.03. The summed E-state index contributed by atoms with van der Waals surface area (Å²) >= 11 is 0. The number of oxazole rings is 1. The first-order valence-corrected chi connectivity index (χ1v) is 6.12. The van der Waals surface area contributed by atoms with Crippen molar-refractivity contribution in [1.29, 1.82) is 0 Å². The van der Waals surface area contributed by atoms with Crippen LogP contribution in [0.3, 0.4) is 0 Å². The molecule has 0 radical (unpaired) electrons. The number of fused-ring (bicyclic) bond motifs is 7. The van der Waals surface area contributed by atoms with E-state index in [1.54, 1.807) is 12.4 Å². The molecule has 0 aliphatic carbocycles. The number of aromatic nitrogens is 4. The molecule has 1 aliphatic heterocycles. The van der Waals surface area contributed by atoms with Gasteiger partial charge in [0.2, 0.25) is 0 Å². The maximum absolute atomic E-state index is 5.82. The second-order valence-corrected chi connectivity index (χ2v) is 4.73. The zero-order chi connectivity index (χ0) is 12.4. The van der Waals surface area contributed by atoms with Gasteiger partial charge in [0, 0.05) is 30.2 Å². The van der Waals surface area contributed by atoms with E-state index in [-0.39, 0.29) is 0 Å². The summed E-state index contributed by atoms with van der Waals surface area (Å²) in [5.41, 5.74) is 5.14. The minimum absolute atomic E-state index is 0.804. The summed E-state index contributed by atoms with van der Waals surface area (Å²) in [6, 6.07) is 4.04. The fraction of sp³-hybridized carbons (Fsp3) is 0.0714. The van der Waals surface area contributed by atoms with Gasteiger partial charge in [-0.2, -0.15) is 4.40 Å². The Morgan fingerprint density at radius 3 is 3.05 bits per heavy atom. The van der Waals surface area contributed by atoms with Crippen molar-refractivity contribution in [2.24, 2.45) is 0 Å². The van der Waals surface area contributed by atoms with Crippen LogP contribution in [0.15, 0.2) is 47.5 Å². The molecule has 19 heavy (non-hydrogen) atoms. The highest BCUT2D eigenvalue weighted by Crippen LogP contribution is 2.30. The van der Waals surface area contributed by atoms with Crippen LogP contribution in [-0.4, -0.2) is 14.4 Å². The first-order chi connectivity index (χ1) is 9.42. The van der Waals surface area contributed by atoms with Gasteiger partial charge in [0.15, 0.2) is 17.3 Å². The molecule has 90 valence electrons. The molecule has 0 bridgehead atoms. The smallest absolute Gasteiger partial charge is 0.336 e. The quantitative estimate of drug-likeness (QED) is 0.393. The van der Waals surface area contributed by atoms with Crippen molar-refractivity contribution in [1.82, 2.24) is 14.4 Å². The highest BCUT2D eigenvalue weighted by molar-refractivity contribution is 5.79. The van der Waals surface area contributed by atoms with Gasteiger partial charge in [-0.25, -0.2) is 4.57 Å². The molecule has 0 atom stereocenters. The lowest BCUT2D eigenvalue weighted by atomic mass is 10.2. The van der Waals surface area contributed by atoms with Crippen molar-refractivity contribution >= 4 is 16.8 Å². The van der Waals surface area contributed by atoms with Gasteiger partial charge in [-0.3, -0.25) is 9.97 Å². The number of hydrogen-bond acceptors (Lipinski definition) is 3. The first-order valence-electron chi connectivity index (χ1n) is 6.12. The molecule has 0 fully saturated rings. The molecule has 5 heterocycles. The molecule has 0 saturated heterocycles. The topological polar surface area (TPSA) is 47.2 Å². The van der Waals surface area contributed by atoms with Crippen LogP contribution >= 0.6 is 0 Å². The molecule has 0 spiro atoms. The molecule has 5 nitrogen and oxygen atoms in total. The number of pyridine rings is 2. The molecule has 0 N–H and O–H groups in total. The third-order valence-electron chi connectivity index (χ3n) is 3.68. The molecule has 0 aromatic carbocycles. The molecule has 0 amide bonds. The first kappa shape index (κ1) is 9.27. The van der Waals surface area contributed by atoms with Gasteiger partial charge in [-0.15, -0.1) is 0 Å². The van der Waals surface area contributed by atoms with E-state index >= 15 is 0 Å². The standard InChI is InChI=1S/C14H9N4O/c1-3-15-5-10-9(1)7-17-8-13-18(14(10)17)11-2-4-16-6-12(11)19-13/h1-6,8H,7H2/q+1. The van der Waals surface area contributed by atoms with Crippen molar-refractivity contribution in [3.8, 4) is 11.4 Å². The minimum atomic E-state index is 0.804. The van der Waals surface area contributed by atoms with E-state index in [2.05, 4.69) is 25.0 Å². The van der Waals surface area contributed by atoms with E-state index in [1.165, 1.54) is 11.1 Å². The highest BCUT2D eigenvalue weighted by Gasteiger charge is 2.32. The van der Waals surface area contributed by atoms with E-state index in [4.69, 9.17) is 4.42 Å². The van der Waals surface area contributed by atoms with Gasteiger partial charge in [-0.05, 0) is 6.07 Å². The van der Waals surface area contributed by atoms with Gasteiger partial charge in [0.25, 0.3) is 5.82 Å². The number of nitrogens with zero attached hydrogens (tertiary/aromatic N) is 4. The van der Waals surface area contributed by atoms with Crippen molar-refractivity contribution in [3.63, 3.8) is 0 Å². The fourth-order valence-corrected chi connectivity index (χ4v) is 2.88. The zero-order valence-electron chi connectivity index (χ0n) is 9.95. The van der Waals surface area contributed by atoms with Crippen molar-refractivity contribution in [2.45, 2.75) is 6.54 Å². The monoisotopic (exact) mass is 249 g/mol. The van der Waals surface area contributed by atoms with E-state index in [0.29, 0.717) is 0 Å². The van der Waals surface area contributed by atoms with Crippen LogP contribution < -0.4 is 4.57 Å². The van der Waals surface area contributed by atoms with Gasteiger partial charge in [-0.1, -0.05) is 0 Å². The molecule has 4 aromatic rings.